The summed E-state index contributed by atoms with van der Waals surface area (Å²) in [6.45, 7) is 10.2. The topological polar surface area (TPSA) is 87.7 Å². The second kappa shape index (κ2) is 11.1. The summed E-state index contributed by atoms with van der Waals surface area (Å²) in [5, 5.41) is 16.6. The highest BCUT2D eigenvalue weighted by Crippen LogP contribution is 2.21. The second-order valence-corrected chi connectivity index (χ2v) is 8.26. The number of hydrogen-bond acceptors (Lipinski definition) is 5. The lowest BCUT2D eigenvalue weighted by Crippen LogP contribution is -2.36. The number of Topliss-reactive ketones (excluding diaryl/α,β-unsaturated/α-hetero) is 1. The van der Waals surface area contributed by atoms with Crippen LogP contribution < -0.4 is 10.6 Å². The van der Waals surface area contributed by atoms with Gasteiger partial charge in [0.05, 0.1) is 5.60 Å². The molecular weight excluding hydrogens is 356 g/mol. The van der Waals surface area contributed by atoms with Crippen molar-refractivity contribution >= 4 is 17.6 Å². The van der Waals surface area contributed by atoms with E-state index < -0.39 is 17.3 Å². The molecule has 1 aromatic rings. The zero-order valence-electron chi connectivity index (χ0n) is 17.9. The van der Waals surface area contributed by atoms with E-state index in [9.17, 15) is 14.7 Å². The molecule has 0 fully saturated rings. The number of ether oxygens (including phenoxy) is 1. The predicted molar refractivity (Wildman–Crippen MR) is 113 cm³/mol. The Labute approximate surface area is 169 Å². The van der Waals surface area contributed by atoms with Crippen LogP contribution in [0.1, 0.15) is 77.1 Å². The van der Waals surface area contributed by atoms with Crippen molar-refractivity contribution in [1.82, 2.24) is 5.32 Å². The van der Waals surface area contributed by atoms with Gasteiger partial charge in [-0.1, -0.05) is 38.8 Å². The third kappa shape index (κ3) is 9.22. The zero-order valence-corrected chi connectivity index (χ0v) is 17.9. The fourth-order valence-electron chi connectivity index (χ4n) is 3.04. The molecule has 0 saturated carbocycles. The Morgan fingerprint density at radius 3 is 2.32 bits per heavy atom. The smallest absolute Gasteiger partial charge is 0.407 e. The number of amides is 1. The maximum absolute atomic E-state index is 12.4. The van der Waals surface area contributed by atoms with Gasteiger partial charge in [0.25, 0.3) is 0 Å². The van der Waals surface area contributed by atoms with Crippen LogP contribution in [0.4, 0.5) is 10.5 Å². The summed E-state index contributed by atoms with van der Waals surface area (Å²) in [6, 6.07) is 7.24. The maximum atomic E-state index is 12.4. The number of hydrogen-bond donors (Lipinski definition) is 3. The Bertz CT molecular complexity index is 632. The molecule has 0 radical (unpaired) electrons. The number of carbonyl (C=O) groups is 2. The lowest BCUT2D eigenvalue weighted by molar-refractivity contribution is 0.0343. The van der Waals surface area contributed by atoms with E-state index in [1.165, 1.54) is 0 Å². The number of carbonyl (C=O) groups excluding carboxylic acids is 2. The average Bonchev–Trinajstić information content (AvgIpc) is 2.59. The largest absolute Gasteiger partial charge is 0.444 e. The first-order valence-electron chi connectivity index (χ1n) is 10.1. The number of alkyl carbamates (subject to hydrolysis) is 1. The molecule has 1 amide bonds. The molecule has 28 heavy (non-hydrogen) atoms. The van der Waals surface area contributed by atoms with Crippen LogP contribution in [0.3, 0.4) is 0 Å². The van der Waals surface area contributed by atoms with Gasteiger partial charge in [-0.15, -0.1) is 0 Å². The van der Waals surface area contributed by atoms with Gasteiger partial charge >= 0.3 is 6.09 Å². The second-order valence-electron chi connectivity index (χ2n) is 8.26. The van der Waals surface area contributed by atoms with Crippen LogP contribution in [0, 0.1) is 0 Å². The summed E-state index contributed by atoms with van der Waals surface area (Å²) in [7, 11) is 0. The highest BCUT2D eigenvalue weighted by Gasteiger charge is 2.24. The van der Waals surface area contributed by atoms with Gasteiger partial charge in [0.15, 0.2) is 5.78 Å². The van der Waals surface area contributed by atoms with Gasteiger partial charge in [-0.3, -0.25) is 4.79 Å². The van der Waals surface area contributed by atoms with E-state index in [0.717, 1.165) is 31.4 Å². The molecule has 6 nitrogen and oxygen atoms in total. The van der Waals surface area contributed by atoms with Crippen molar-refractivity contribution in [3.8, 4) is 0 Å². The highest BCUT2D eigenvalue weighted by molar-refractivity contribution is 5.97. The molecule has 0 aliphatic carbocycles. The molecule has 0 heterocycles. The molecule has 0 aliphatic heterocycles. The lowest BCUT2D eigenvalue weighted by Gasteiger charge is -2.28. The van der Waals surface area contributed by atoms with E-state index in [1.54, 1.807) is 32.9 Å². The van der Waals surface area contributed by atoms with Crippen LogP contribution in [-0.4, -0.2) is 41.3 Å². The summed E-state index contributed by atoms with van der Waals surface area (Å²) in [5.41, 5.74) is 0.0778. The van der Waals surface area contributed by atoms with E-state index in [1.807, 2.05) is 12.1 Å². The maximum Gasteiger partial charge on any atom is 0.407 e. The number of benzene rings is 1. The molecule has 0 aliphatic rings. The first-order valence-corrected chi connectivity index (χ1v) is 10.1. The van der Waals surface area contributed by atoms with E-state index in [2.05, 4.69) is 24.5 Å². The molecular formula is C22H36N2O4. The van der Waals surface area contributed by atoms with E-state index >= 15 is 0 Å². The fraction of sp³-hybridized carbons (Fsp3) is 0.636. The number of ketones is 1. The van der Waals surface area contributed by atoms with Gasteiger partial charge in [-0.25, -0.2) is 4.79 Å². The Morgan fingerprint density at radius 2 is 1.75 bits per heavy atom. The molecule has 0 bridgehead atoms. The first kappa shape index (κ1) is 24.0. The van der Waals surface area contributed by atoms with Crippen molar-refractivity contribution in [3.63, 3.8) is 0 Å². The molecule has 1 rings (SSSR count). The van der Waals surface area contributed by atoms with Crippen molar-refractivity contribution in [1.29, 1.82) is 0 Å². The third-order valence-electron chi connectivity index (χ3n) is 4.26. The summed E-state index contributed by atoms with van der Waals surface area (Å²) >= 11 is 0. The van der Waals surface area contributed by atoms with Crippen molar-refractivity contribution in [3.05, 3.63) is 29.8 Å². The number of aliphatic hydroxyl groups is 1. The van der Waals surface area contributed by atoms with Crippen LogP contribution >= 0.6 is 0 Å². The summed E-state index contributed by atoms with van der Waals surface area (Å²) in [6.07, 6.45) is 2.98. The molecule has 0 unspecified atom stereocenters. The molecule has 0 atom stereocenters. The van der Waals surface area contributed by atoms with Gasteiger partial charge in [0.1, 0.15) is 5.60 Å². The minimum absolute atomic E-state index is 0.0583. The first-order chi connectivity index (χ1) is 13.1. The average molecular weight is 393 g/mol. The molecule has 0 spiro atoms. The SMILES string of the molecule is CCCC(O)(CCC)CNc1cccc(C(=O)CCNC(=O)OC(C)(C)C)c1. The van der Waals surface area contributed by atoms with Gasteiger partial charge in [0, 0.05) is 30.8 Å². The van der Waals surface area contributed by atoms with Crippen LogP contribution in [0.15, 0.2) is 24.3 Å². The van der Waals surface area contributed by atoms with Crippen LogP contribution in [-0.2, 0) is 4.74 Å². The van der Waals surface area contributed by atoms with Gasteiger partial charge in [-0.05, 0) is 45.7 Å². The molecule has 0 aromatic heterocycles. The molecule has 6 heteroatoms. The van der Waals surface area contributed by atoms with E-state index in [0.29, 0.717) is 12.1 Å². The highest BCUT2D eigenvalue weighted by atomic mass is 16.6. The minimum atomic E-state index is -0.735. The normalized spacial score (nSPS) is 11.8. The predicted octanol–water partition coefficient (Wildman–Crippen LogP) is 4.53. The summed E-state index contributed by atoms with van der Waals surface area (Å²) in [5.74, 6) is -0.0583. The fourth-order valence-corrected chi connectivity index (χ4v) is 3.04. The Kier molecular flexibility index (Phi) is 9.46. The molecule has 3 N–H and O–H groups in total. The van der Waals surface area contributed by atoms with Crippen molar-refractivity contribution in [2.24, 2.45) is 0 Å². The van der Waals surface area contributed by atoms with Crippen molar-refractivity contribution < 1.29 is 19.4 Å². The molecule has 0 saturated heterocycles. The monoisotopic (exact) mass is 392 g/mol. The molecule has 1 aromatic carbocycles. The van der Waals surface area contributed by atoms with Crippen molar-refractivity contribution in [2.75, 3.05) is 18.4 Å². The third-order valence-corrected chi connectivity index (χ3v) is 4.26. The Balaban J connectivity index is 2.57. The zero-order chi connectivity index (χ0) is 21.2. The number of nitrogens with one attached hydrogen (secondary N) is 2. The minimum Gasteiger partial charge on any atom is -0.444 e. The van der Waals surface area contributed by atoms with E-state index in [4.69, 9.17) is 4.74 Å². The standard InChI is InChI=1S/C22H36N2O4/c1-6-12-22(27,13-7-2)16-24-18-10-8-9-17(15-18)19(25)11-14-23-20(26)28-21(3,4)5/h8-10,15,24,27H,6-7,11-14,16H2,1-5H3,(H,23,26). The van der Waals surface area contributed by atoms with Gasteiger partial charge in [-0.2, -0.15) is 0 Å². The Hall–Kier alpha value is -2.08. The van der Waals surface area contributed by atoms with Crippen molar-refractivity contribution in [2.45, 2.75) is 77.9 Å². The number of anilines is 1. The van der Waals surface area contributed by atoms with Crippen LogP contribution in [0.5, 0.6) is 0 Å². The summed E-state index contributed by atoms with van der Waals surface area (Å²) < 4.78 is 5.15. The van der Waals surface area contributed by atoms with Crippen LogP contribution in [0.25, 0.3) is 0 Å². The van der Waals surface area contributed by atoms with Gasteiger partial charge < -0.3 is 20.5 Å². The van der Waals surface area contributed by atoms with E-state index in [-0.39, 0.29) is 18.7 Å². The molecule has 158 valence electrons. The summed E-state index contributed by atoms with van der Waals surface area (Å²) in [4.78, 5) is 24.0. The Morgan fingerprint density at radius 1 is 1.11 bits per heavy atom. The lowest BCUT2D eigenvalue weighted by atomic mass is 9.92. The van der Waals surface area contributed by atoms with Crippen LogP contribution in [0.2, 0.25) is 0 Å². The number of rotatable bonds is 11. The van der Waals surface area contributed by atoms with Gasteiger partial charge in [0.2, 0.25) is 0 Å². The quantitative estimate of drug-likeness (QED) is 0.482.